The van der Waals surface area contributed by atoms with E-state index in [0.29, 0.717) is 5.13 Å². The van der Waals surface area contributed by atoms with E-state index in [4.69, 9.17) is 5.73 Å². The number of anilines is 1. The van der Waals surface area contributed by atoms with Crippen molar-refractivity contribution in [1.82, 2.24) is 10.3 Å². The second-order valence-electron chi connectivity index (χ2n) is 4.61. The van der Waals surface area contributed by atoms with Gasteiger partial charge in [-0.05, 0) is 13.0 Å². The molecule has 0 saturated carbocycles. The number of nitrogens with zero attached hydrogens (tertiary/aromatic N) is 1. The van der Waals surface area contributed by atoms with Crippen molar-refractivity contribution in [2.45, 2.75) is 19.4 Å². The highest BCUT2D eigenvalue weighted by Gasteiger charge is 2.20. The maximum atomic E-state index is 13.8. The molecule has 1 aromatic carbocycles. The van der Waals surface area contributed by atoms with Crippen LogP contribution in [0.1, 0.15) is 22.9 Å². The first-order valence-corrected chi connectivity index (χ1v) is 7.30. The molecule has 0 unspecified atom stereocenters. The van der Waals surface area contributed by atoms with Crippen molar-refractivity contribution in [3.05, 3.63) is 46.7 Å². The zero-order valence-corrected chi connectivity index (χ0v) is 12.6. The van der Waals surface area contributed by atoms with Crippen LogP contribution in [0.2, 0.25) is 0 Å². The van der Waals surface area contributed by atoms with Crippen LogP contribution in [0.15, 0.2) is 30.5 Å². The summed E-state index contributed by atoms with van der Waals surface area (Å²) in [6.45, 7) is 1.87. The number of primary amides is 1. The Morgan fingerprint density at radius 3 is 2.73 bits per heavy atom. The molecule has 22 heavy (non-hydrogen) atoms. The lowest BCUT2D eigenvalue weighted by Gasteiger charge is -2.17. The number of aromatic nitrogens is 1. The zero-order valence-electron chi connectivity index (χ0n) is 11.8. The topological polar surface area (TPSA) is 97.1 Å². The predicted molar refractivity (Wildman–Crippen MR) is 82.0 cm³/mol. The van der Waals surface area contributed by atoms with Crippen LogP contribution < -0.4 is 16.4 Å². The summed E-state index contributed by atoms with van der Waals surface area (Å²) in [5, 5.41) is 5.44. The van der Waals surface area contributed by atoms with E-state index in [9.17, 15) is 14.0 Å². The summed E-state index contributed by atoms with van der Waals surface area (Å²) >= 11 is 1.33. The van der Waals surface area contributed by atoms with Crippen molar-refractivity contribution in [1.29, 1.82) is 0 Å². The van der Waals surface area contributed by atoms with Gasteiger partial charge in [-0.2, -0.15) is 0 Å². The van der Waals surface area contributed by atoms with Crippen molar-refractivity contribution in [3.63, 3.8) is 0 Å². The number of benzene rings is 1. The molecular weight excluding hydrogens is 307 g/mol. The van der Waals surface area contributed by atoms with Crippen LogP contribution >= 0.6 is 11.3 Å². The van der Waals surface area contributed by atoms with Gasteiger partial charge in [-0.15, -0.1) is 11.3 Å². The highest BCUT2D eigenvalue weighted by molar-refractivity contribution is 7.15. The summed E-state index contributed by atoms with van der Waals surface area (Å²) < 4.78 is 13.8. The lowest BCUT2D eigenvalue weighted by atomic mass is 10.0. The number of nitrogens with one attached hydrogen (secondary N) is 2. The van der Waals surface area contributed by atoms with Crippen LogP contribution in [0, 0.1) is 12.7 Å². The maximum Gasteiger partial charge on any atom is 0.312 e. The third-order valence-corrected chi connectivity index (χ3v) is 3.68. The van der Waals surface area contributed by atoms with Gasteiger partial charge >= 0.3 is 6.03 Å². The van der Waals surface area contributed by atoms with Gasteiger partial charge in [0.15, 0.2) is 5.13 Å². The minimum Gasteiger partial charge on any atom is -0.352 e. The zero-order chi connectivity index (χ0) is 16.1. The van der Waals surface area contributed by atoms with Crippen molar-refractivity contribution < 1.29 is 14.0 Å². The second-order valence-corrected chi connectivity index (χ2v) is 5.85. The summed E-state index contributed by atoms with van der Waals surface area (Å²) in [5.41, 5.74) is 5.30. The van der Waals surface area contributed by atoms with Crippen LogP contribution in [0.3, 0.4) is 0 Å². The molecule has 0 aliphatic rings. The number of hydrogen-bond donors (Lipinski definition) is 3. The number of amides is 3. The number of thiazole rings is 1. The molecule has 0 saturated heterocycles. The average molecular weight is 322 g/mol. The summed E-state index contributed by atoms with van der Waals surface area (Å²) in [7, 11) is 0. The highest BCUT2D eigenvalue weighted by atomic mass is 32.1. The molecule has 0 aliphatic heterocycles. The van der Waals surface area contributed by atoms with E-state index >= 15 is 0 Å². The molecule has 6 nitrogen and oxygen atoms in total. The first-order chi connectivity index (χ1) is 10.5. The van der Waals surface area contributed by atoms with Gasteiger partial charge in [0.2, 0.25) is 5.91 Å². The Hall–Kier alpha value is -2.48. The number of aryl methyl sites for hydroxylation is 1. The summed E-state index contributed by atoms with van der Waals surface area (Å²) in [6.07, 6.45) is 1.48. The molecule has 2 rings (SSSR count). The molecule has 1 atom stereocenters. The van der Waals surface area contributed by atoms with E-state index < -0.39 is 23.8 Å². The molecule has 8 heteroatoms. The largest absolute Gasteiger partial charge is 0.352 e. The van der Waals surface area contributed by atoms with E-state index in [1.165, 1.54) is 29.5 Å². The quantitative estimate of drug-likeness (QED) is 0.788. The number of nitrogens with two attached hydrogens (primary N) is 1. The summed E-state index contributed by atoms with van der Waals surface area (Å²) in [5.74, 6) is -0.907. The number of halogens is 1. The number of carbonyl (C=O) groups excluding carboxylic acids is 2. The molecular formula is C14H15FN4O2S. The summed E-state index contributed by atoms with van der Waals surface area (Å²) in [4.78, 5) is 28.1. The molecule has 116 valence electrons. The standard InChI is InChI=1S/C14H15FN4O2S/c1-8-7-17-14(22-8)19-12(20)6-11(18-13(16)21)9-4-2-3-5-10(9)15/h2-5,7,11H,6H2,1H3,(H3,16,18,21)(H,17,19,20)/t11-/m1/s1. The Labute approximate surface area is 130 Å². The average Bonchev–Trinajstić information content (AvgIpc) is 2.83. The van der Waals surface area contributed by atoms with Crippen LogP contribution in [-0.4, -0.2) is 16.9 Å². The molecule has 0 spiro atoms. The van der Waals surface area contributed by atoms with Crippen LogP contribution in [0.25, 0.3) is 0 Å². The Morgan fingerprint density at radius 1 is 1.41 bits per heavy atom. The van der Waals surface area contributed by atoms with Crippen molar-refractivity contribution in [3.8, 4) is 0 Å². The van der Waals surface area contributed by atoms with Crippen LogP contribution in [0.4, 0.5) is 14.3 Å². The first-order valence-electron chi connectivity index (χ1n) is 6.48. The monoisotopic (exact) mass is 322 g/mol. The smallest absolute Gasteiger partial charge is 0.312 e. The molecule has 4 N–H and O–H groups in total. The van der Waals surface area contributed by atoms with E-state index in [1.807, 2.05) is 6.92 Å². The molecule has 2 aromatic rings. The molecule has 1 heterocycles. The lowest BCUT2D eigenvalue weighted by molar-refractivity contribution is -0.116. The molecule has 0 radical (unpaired) electrons. The highest BCUT2D eigenvalue weighted by Crippen LogP contribution is 2.22. The lowest BCUT2D eigenvalue weighted by Crippen LogP contribution is -2.35. The van der Waals surface area contributed by atoms with E-state index in [0.717, 1.165) is 4.88 Å². The Balaban J connectivity index is 2.11. The number of carbonyl (C=O) groups is 2. The van der Waals surface area contributed by atoms with Gasteiger partial charge in [0.05, 0.1) is 12.5 Å². The van der Waals surface area contributed by atoms with Gasteiger partial charge in [-0.1, -0.05) is 18.2 Å². The van der Waals surface area contributed by atoms with Gasteiger partial charge in [0, 0.05) is 16.6 Å². The van der Waals surface area contributed by atoms with E-state index in [1.54, 1.807) is 12.3 Å². The van der Waals surface area contributed by atoms with Crippen molar-refractivity contribution in [2.24, 2.45) is 5.73 Å². The fourth-order valence-corrected chi connectivity index (χ4v) is 2.62. The molecule has 0 bridgehead atoms. The molecule has 0 aliphatic carbocycles. The van der Waals surface area contributed by atoms with Crippen LogP contribution in [0.5, 0.6) is 0 Å². The van der Waals surface area contributed by atoms with Gasteiger partial charge in [-0.25, -0.2) is 14.2 Å². The van der Waals surface area contributed by atoms with Gasteiger partial charge in [-0.3, -0.25) is 4.79 Å². The molecule has 3 amide bonds. The van der Waals surface area contributed by atoms with E-state index in [2.05, 4.69) is 15.6 Å². The predicted octanol–water partition coefficient (Wildman–Crippen LogP) is 2.33. The SMILES string of the molecule is Cc1cnc(NC(=O)C[C@@H](NC(N)=O)c2ccccc2F)s1. The number of hydrogen-bond acceptors (Lipinski definition) is 4. The fraction of sp³-hybridized carbons (Fsp3) is 0.214. The number of urea groups is 1. The Kier molecular flexibility index (Phi) is 5.05. The third kappa shape index (κ3) is 4.26. The molecule has 0 fully saturated rings. The van der Waals surface area contributed by atoms with Gasteiger partial charge in [0.25, 0.3) is 0 Å². The third-order valence-electron chi connectivity index (χ3n) is 2.85. The minimum atomic E-state index is -0.847. The fourth-order valence-electron chi connectivity index (χ4n) is 1.94. The second kappa shape index (κ2) is 6.99. The maximum absolute atomic E-state index is 13.8. The van der Waals surface area contributed by atoms with Crippen LogP contribution in [-0.2, 0) is 4.79 Å². The Bertz CT molecular complexity index is 689. The summed E-state index contributed by atoms with van der Waals surface area (Å²) in [6, 6.07) is 4.23. The van der Waals surface area contributed by atoms with Crippen molar-refractivity contribution in [2.75, 3.05) is 5.32 Å². The minimum absolute atomic E-state index is 0.150. The normalized spacial score (nSPS) is 11.7. The van der Waals surface area contributed by atoms with Crippen molar-refractivity contribution >= 4 is 28.4 Å². The van der Waals surface area contributed by atoms with Gasteiger partial charge in [0.1, 0.15) is 5.82 Å². The van der Waals surface area contributed by atoms with E-state index in [-0.39, 0.29) is 12.0 Å². The van der Waals surface area contributed by atoms with Gasteiger partial charge < -0.3 is 16.4 Å². The molecule has 1 aromatic heterocycles. The number of rotatable bonds is 5. The first kappa shape index (κ1) is 15.9. The Morgan fingerprint density at radius 2 is 2.14 bits per heavy atom.